The summed E-state index contributed by atoms with van der Waals surface area (Å²) in [7, 11) is 3.50. The van der Waals surface area contributed by atoms with E-state index in [-0.39, 0.29) is 5.91 Å². The predicted molar refractivity (Wildman–Crippen MR) is 77.9 cm³/mol. The van der Waals surface area contributed by atoms with E-state index < -0.39 is 0 Å². The van der Waals surface area contributed by atoms with Crippen LogP contribution in [0.1, 0.15) is 18.2 Å². The van der Waals surface area contributed by atoms with Crippen molar-refractivity contribution in [1.82, 2.24) is 4.90 Å². The van der Waals surface area contributed by atoms with E-state index in [0.29, 0.717) is 11.4 Å². The maximum Gasteiger partial charge on any atom is 0.241 e. The molecule has 0 saturated carbocycles. The molecule has 4 nitrogen and oxygen atoms in total. The lowest BCUT2D eigenvalue weighted by molar-refractivity contribution is -0.127. The van der Waals surface area contributed by atoms with E-state index >= 15 is 0 Å². The Bertz CT molecular complexity index is 464. The van der Waals surface area contributed by atoms with Crippen molar-refractivity contribution in [2.24, 2.45) is 0 Å². The van der Waals surface area contributed by atoms with Crippen LogP contribution in [0.25, 0.3) is 0 Å². The predicted octanol–water partition coefficient (Wildman–Crippen LogP) is 2.69. The lowest BCUT2D eigenvalue weighted by atomic mass is 10.4. The number of halogens is 1. The fraction of sp³-hybridized carbons (Fsp3) is 0.500. The van der Waals surface area contributed by atoms with Crippen LogP contribution in [0.15, 0.2) is 10.5 Å². The minimum atomic E-state index is 0.0616. The first kappa shape index (κ1) is 15.0. The third kappa shape index (κ3) is 3.72. The summed E-state index contributed by atoms with van der Waals surface area (Å²) in [5.74, 6) is 0.0616. The third-order valence-electron chi connectivity index (χ3n) is 2.41. The Morgan fingerprint density at radius 1 is 1.56 bits per heavy atom. The van der Waals surface area contributed by atoms with E-state index in [2.05, 4.69) is 28.9 Å². The Kier molecular flexibility index (Phi) is 5.63. The number of thiophene rings is 1. The molecule has 1 amide bonds. The van der Waals surface area contributed by atoms with Gasteiger partial charge in [0.15, 0.2) is 0 Å². The highest BCUT2D eigenvalue weighted by atomic mass is 79.9. The van der Waals surface area contributed by atoms with E-state index in [1.807, 2.05) is 11.0 Å². The smallest absolute Gasteiger partial charge is 0.241 e. The van der Waals surface area contributed by atoms with Gasteiger partial charge >= 0.3 is 0 Å². The molecule has 0 aliphatic rings. The highest BCUT2D eigenvalue weighted by molar-refractivity contribution is 9.10. The fourth-order valence-electron chi connectivity index (χ4n) is 1.43. The van der Waals surface area contributed by atoms with Crippen LogP contribution in [0.4, 0.5) is 5.00 Å². The van der Waals surface area contributed by atoms with Crippen molar-refractivity contribution in [3.63, 3.8) is 0 Å². The molecule has 0 aliphatic carbocycles. The maximum absolute atomic E-state index is 11.8. The molecular formula is C12H16BrN3OS. The van der Waals surface area contributed by atoms with Crippen molar-refractivity contribution in [3.8, 4) is 6.07 Å². The molecule has 0 bridgehead atoms. The second kappa shape index (κ2) is 6.76. The number of anilines is 1. The number of carbonyl (C=O) groups is 1. The summed E-state index contributed by atoms with van der Waals surface area (Å²) in [5, 5.41) is 9.90. The van der Waals surface area contributed by atoms with Gasteiger partial charge in [0, 0.05) is 25.1 Å². The second-order valence-electron chi connectivity index (χ2n) is 4.08. The lowest BCUT2D eigenvalue weighted by Gasteiger charge is -2.23. The first-order chi connectivity index (χ1) is 8.49. The van der Waals surface area contributed by atoms with Crippen LogP contribution < -0.4 is 4.90 Å². The number of likely N-dealkylation sites (N-methyl/N-ethyl adjacent to an activating group) is 1. The van der Waals surface area contributed by atoms with Gasteiger partial charge in [0.25, 0.3) is 0 Å². The quantitative estimate of drug-likeness (QED) is 0.834. The molecule has 0 spiro atoms. The molecule has 6 heteroatoms. The number of rotatable bonds is 5. The number of nitriles is 1. The van der Waals surface area contributed by atoms with Gasteiger partial charge in [-0.3, -0.25) is 4.79 Å². The highest BCUT2D eigenvalue weighted by Gasteiger charge is 2.16. The number of hydrogen-bond acceptors (Lipinski definition) is 4. The summed E-state index contributed by atoms with van der Waals surface area (Å²) in [5.41, 5.74) is 0. The molecule has 0 N–H and O–H groups in total. The average molecular weight is 330 g/mol. The van der Waals surface area contributed by atoms with Crippen molar-refractivity contribution in [2.75, 3.05) is 32.1 Å². The van der Waals surface area contributed by atoms with Crippen LogP contribution in [0.2, 0.25) is 0 Å². The van der Waals surface area contributed by atoms with E-state index in [1.54, 1.807) is 19.0 Å². The molecule has 0 saturated heterocycles. The number of amides is 1. The van der Waals surface area contributed by atoms with Gasteiger partial charge in [0.1, 0.15) is 10.9 Å². The summed E-state index contributed by atoms with van der Waals surface area (Å²) in [6.45, 7) is 3.22. The third-order valence-corrected chi connectivity index (χ3v) is 4.39. The summed E-state index contributed by atoms with van der Waals surface area (Å²) >= 11 is 4.77. The molecule has 0 fully saturated rings. The Morgan fingerprint density at radius 3 is 2.67 bits per heavy atom. The molecule has 0 radical (unpaired) electrons. The topological polar surface area (TPSA) is 47.3 Å². The van der Waals surface area contributed by atoms with Crippen LogP contribution in [-0.4, -0.2) is 38.0 Å². The summed E-state index contributed by atoms with van der Waals surface area (Å²) < 4.78 is 0.795. The average Bonchev–Trinajstić information content (AvgIpc) is 2.69. The minimum absolute atomic E-state index is 0.0616. The van der Waals surface area contributed by atoms with Gasteiger partial charge < -0.3 is 9.80 Å². The Balaban J connectivity index is 2.90. The number of nitrogens with zero attached hydrogens (tertiary/aromatic N) is 3. The van der Waals surface area contributed by atoms with Crippen molar-refractivity contribution in [1.29, 1.82) is 5.26 Å². The lowest BCUT2D eigenvalue weighted by Crippen LogP contribution is -2.36. The largest absolute Gasteiger partial charge is 0.354 e. The molecule has 0 atom stereocenters. The van der Waals surface area contributed by atoms with Crippen LogP contribution in [0.5, 0.6) is 0 Å². The minimum Gasteiger partial charge on any atom is -0.354 e. The maximum atomic E-state index is 11.8. The standard InChI is InChI=1S/C12H16BrN3OS/c1-4-5-16(8-11(17)15(2)3)12-6-9(13)10(7-14)18-12/h6H,4-5,8H2,1-3H3. The number of carbonyl (C=O) groups excluding carboxylic acids is 1. The van der Waals surface area contributed by atoms with Crippen molar-refractivity contribution in [2.45, 2.75) is 13.3 Å². The Hall–Kier alpha value is -1.06. The van der Waals surface area contributed by atoms with Gasteiger partial charge in [0.05, 0.1) is 11.5 Å². The Labute approximate surface area is 120 Å². The molecule has 18 heavy (non-hydrogen) atoms. The highest BCUT2D eigenvalue weighted by Crippen LogP contribution is 2.33. The first-order valence-electron chi connectivity index (χ1n) is 5.64. The molecule has 1 aromatic heterocycles. The van der Waals surface area contributed by atoms with Crippen molar-refractivity contribution < 1.29 is 4.79 Å². The van der Waals surface area contributed by atoms with Gasteiger partial charge in [-0.2, -0.15) is 5.26 Å². The van der Waals surface area contributed by atoms with Crippen LogP contribution >= 0.6 is 27.3 Å². The van der Waals surface area contributed by atoms with Gasteiger partial charge in [0.2, 0.25) is 5.91 Å². The molecule has 1 heterocycles. The molecule has 0 aromatic carbocycles. The molecule has 0 aliphatic heterocycles. The molecule has 1 aromatic rings. The van der Waals surface area contributed by atoms with Crippen LogP contribution in [0.3, 0.4) is 0 Å². The first-order valence-corrected chi connectivity index (χ1v) is 7.25. The summed E-state index contributed by atoms with van der Waals surface area (Å²) in [4.78, 5) is 16.0. The van der Waals surface area contributed by atoms with Gasteiger partial charge in [-0.05, 0) is 28.4 Å². The molecule has 1 rings (SSSR count). The second-order valence-corrected chi connectivity index (χ2v) is 5.97. The van der Waals surface area contributed by atoms with Gasteiger partial charge in [-0.25, -0.2) is 0 Å². The van der Waals surface area contributed by atoms with E-state index in [0.717, 1.165) is 22.4 Å². The fourth-order valence-corrected chi connectivity index (χ4v) is 3.00. The number of hydrogen-bond donors (Lipinski definition) is 0. The SMILES string of the molecule is CCCN(CC(=O)N(C)C)c1cc(Br)c(C#N)s1. The van der Waals surface area contributed by atoms with Crippen molar-refractivity contribution in [3.05, 3.63) is 15.4 Å². The summed E-state index contributed by atoms with van der Waals surface area (Å²) in [6.07, 6.45) is 0.956. The van der Waals surface area contributed by atoms with E-state index in [4.69, 9.17) is 5.26 Å². The van der Waals surface area contributed by atoms with Crippen molar-refractivity contribution >= 4 is 38.2 Å². The van der Waals surface area contributed by atoms with E-state index in [1.165, 1.54) is 11.3 Å². The van der Waals surface area contributed by atoms with Crippen LogP contribution in [0, 0.1) is 11.3 Å². The molecule has 98 valence electrons. The van der Waals surface area contributed by atoms with Gasteiger partial charge in [-0.1, -0.05) is 6.92 Å². The molecule has 0 unspecified atom stereocenters. The zero-order valence-corrected chi connectivity index (χ0v) is 13.1. The Morgan fingerprint density at radius 2 is 2.22 bits per heavy atom. The zero-order chi connectivity index (χ0) is 13.7. The normalized spacial score (nSPS) is 9.94. The summed E-state index contributed by atoms with van der Waals surface area (Å²) in [6, 6.07) is 4.04. The van der Waals surface area contributed by atoms with Crippen LogP contribution in [-0.2, 0) is 4.79 Å². The van der Waals surface area contributed by atoms with Gasteiger partial charge in [-0.15, -0.1) is 11.3 Å². The van der Waals surface area contributed by atoms with E-state index in [9.17, 15) is 4.79 Å². The molecular weight excluding hydrogens is 314 g/mol. The monoisotopic (exact) mass is 329 g/mol. The zero-order valence-electron chi connectivity index (χ0n) is 10.7.